The Bertz CT molecular complexity index is 1180. The highest BCUT2D eigenvalue weighted by atomic mass is 32.1. The van der Waals surface area contributed by atoms with Gasteiger partial charge in [0.25, 0.3) is 0 Å². The zero-order valence-electron chi connectivity index (χ0n) is 23.9. The fraction of sp³-hybridized carbons (Fsp3) is 0.419. The van der Waals surface area contributed by atoms with Crippen molar-refractivity contribution in [3.8, 4) is 17.2 Å². The summed E-state index contributed by atoms with van der Waals surface area (Å²) in [6, 6.07) is 17.2. The van der Waals surface area contributed by atoms with Crippen LogP contribution in [0.25, 0.3) is 0 Å². The third-order valence-electron chi connectivity index (χ3n) is 6.51. The van der Waals surface area contributed by atoms with Gasteiger partial charge in [-0.3, -0.25) is 9.59 Å². The number of benzene rings is 2. The average Bonchev–Trinajstić information content (AvgIpc) is 3.50. The van der Waals surface area contributed by atoms with Crippen molar-refractivity contribution in [2.45, 2.75) is 32.7 Å². The highest BCUT2D eigenvalue weighted by Gasteiger charge is 2.22. The first-order chi connectivity index (χ1) is 19.5. The molecule has 9 heteroatoms. The summed E-state index contributed by atoms with van der Waals surface area (Å²) in [4.78, 5) is 31.7. The predicted octanol–water partition coefficient (Wildman–Crippen LogP) is 4.84. The fourth-order valence-corrected chi connectivity index (χ4v) is 4.99. The standard InChI is InChI=1S/C31H40N2O6S/c1-5-39-18-7-16-32(30(34)21-24-9-12-26(36-2)13-10-24)23-31(35)33(22-27-8-6-19-40-27)17-15-25-11-14-28(37-3)29(20-25)38-4/h6,8-14,19-20H,5,7,15-18,21-23H2,1-4H3. The van der Waals surface area contributed by atoms with Gasteiger partial charge in [0.15, 0.2) is 11.5 Å². The Balaban J connectivity index is 1.73. The third-order valence-corrected chi connectivity index (χ3v) is 7.37. The summed E-state index contributed by atoms with van der Waals surface area (Å²) in [7, 11) is 4.82. The van der Waals surface area contributed by atoms with E-state index in [1.807, 2.05) is 71.8 Å². The first-order valence-electron chi connectivity index (χ1n) is 13.5. The molecule has 0 bridgehead atoms. The van der Waals surface area contributed by atoms with Crippen LogP contribution in [0.5, 0.6) is 17.2 Å². The smallest absolute Gasteiger partial charge is 0.242 e. The van der Waals surface area contributed by atoms with E-state index in [0.717, 1.165) is 21.8 Å². The minimum absolute atomic E-state index is 0.0123. The van der Waals surface area contributed by atoms with Gasteiger partial charge < -0.3 is 28.7 Å². The molecule has 1 aromatic heterocycles. The lowest BCUT2D eigenvalue weighted by atomic mass is 10.1. The third kappa shape index (κ3) is 9.57. The number of thiophene rings is 1. The molecule has 216 valence electrons. The Hall–Kier alpha value is -3.56. The zero-order valence-corrected chi connectivity index (χ0v) is 24.7. The number of carbonyl (C=O) groups is 2. The molecule has 2 aromatic carbocycles. The highest BCUT2D eigenvalue weighted by Crippen LogP contribution is 2.28. The van der Waals surface area contributed by atoms with Crippen LogP contribution >= 0.6 is 11.3 Å². The minimum atomic E-state index is -0.0917. The van der Waals surface area contributed by atoms with Crippen molar-refractivity contribution in [3.63, 3.8) is 0 Å². The lowest BCUT2D eigenvalue weighted by Gasteiger charge is -2.28. The minimum Gasteiger partial charge on any atom is -0.497 e. The van der Waals surface area contributed by atoms with E-state index in [0.29, 0.717) is 57.2 Å². The van der Waals surface area contributed by atoms with Crippen molar-refractivity contribution in [3.05, 3.63) is 76.0 Å². The molecule has 0 fully saturated rings. The summed E-state index contributed by atoms with van der Waals surface area (Å²) in [5.41, 5.74) is 1.91. The van der Waals surface area contributed by atoms with Crippen molar-refractivity contribution >= 4 is 23.2 Å². The van der Waals surface area contributed by atoms with Gasteiger partial charge in [0.2, 0.25) is 11.8 Å². The molecule has 40 heavy (non-hydrogen) atoms. The number of hydrogen-bond donors (Lipinski definition) is 0. The van der Waals surface area contributed by atoms with Crippen LogP contribution in [0.4, 0.5) is 0 Å². The SMILES string of the molecule is CCOCCCN(CC(=O)N(CCc1ccc(OC)c(OC)c1)Cc1cccs1)C(=O)Cc1ccc(OC)cc1. The second-order valence-corrected chi connectivity index (χ2v) is 10.3. The van der Waals surface area contributed by atoms with Crippen molar-refractivity contribution < 1.29 is 28.5 Å². The predicted molar refractivity (Wildman–Crippen MR) is 157 cm³/mol. The Morgan fingerprint density at radius 3 is 2.23 bits per heavy atom. The van der Waals surface area contributed by atoms with Crippen molar-refractivity contribution in [2.75, 3.05) is 54.2 Å². The summed E-state index contributed by atoms with van der Waals surface area (Å²) >= 11 is 1.61. The van der Waals surface area contributed by atoms with Crippen LogP contribution in [0.2, 0.25) is 0 Å². The highest BCUT2D eigenvalue weighted by molar-refractivity contribution is 7.09. The molecule has 0 saturated heterocycles. The molecular formula is C31H40N2O6S. The molecular weight excluding hydrogens is 528 g/mol. The van der Waals surface area contributed by atoms with Crippen LogP contribution in [0, 0.1) is 0 Å². The Labute approximate surface area is 241 Å². The summed E-state index contributed by atoms with van der Waals surface area (Å²) in [5, 5.41) is 2.00. The lowest BCUT2D eigenvalue weighted by Crippen LogP contribution is -2.44. The van der Waals surface area contributed by atoms with Crippen molar-refractivity contribution in [2.24, 2.45) is 0 Å². The van der Waals surface area contributed by atoms with Gasteiger partial charge in [0.05, 0.1) is 40.8 Å². The number of hydrogen-bond acceptors (Lipinski definition) is 7. The summed E-state index contributed by atoms with van der Waals surface area (Å²) in [6.07, 6.45) is 1.51. The van der Waals surface area contributed by atoms with Gasteiger partial charge in [-0.2, -0.15) is 0 Å². The van der Waals surface area contributed by atoms with Gasteiger partial charge in [0, 0.05) is 31.2 Å². The topological polar surface area (TPSA) is 77.5 Å². The van der Waals surface area contributed by atoms with Gasteiger partial charge in [-0.05, 0) is 66.6 Å². The maximum atomic E-state index is 13.7. The summed E-state index contributed by atoms with van der Waals surface area (Å²) in [6.45, 7) is 4.55. The summed E-state index contributed by atoms with van der Waals surface area (Å²) < 4.78 is 21.5. The number of methoxy groups -OCH3 is 3. The molecule has 0 aliphatic heterocycles. The number of nitrogens with zero attached hydrogens (tertiary/aromatic N) is 2. The number of ether oxygens (including phenoxy) is 4. The molecule has 0 saturated carbocycles. The molecule has 1 heterocycles. The van der Waals surface area contributed by atoms with Crippen LogP contribution in [0.15, 0.2) is 60.0 Å². The van der Waals surface area contributed by atoms with E-state index < -0.39 is 0 Å². The van der Waals surface area contributed by atoms with Gasteiger partial charge >= 0.3 is 0 Å². The molecule has 2 amide bonds. The van der Waals surface area contributed by atoms with Gasteiger partial charge in [0.1, 0.15) is 5.75 Å². The largest absolute Gasteiger partial charge is 0.497 e. The molecule has 0 radical (unpaired) electrons. The Morgan fingerprint density at radius 1 is 0.825 bits per heavy atom. The fourth-order valence-electron chi connectivity index (χ4n) is 4.27. The zero-order chi connectivity index (χ0) is 28.7. The second-order valence-electron chi connectivity index (χ2n) is 9.22. The van der Waals surface area contributed by atoms with Crippen LogP contribution in [0.1, 0.15) is 29.3 Å². The quantitative estimate of drug-likeness (QED) is 0.217. The van der Waals surface area contributed by atoms with Crippen LogP contribution in [-0.2, 0) is 33.7 Å². The lowest BCUT2D eigenvalue weighted by molar-refractivity contribution is -0.140. The Morgan fingerprint density at radius 2 is 1.57 bits per heavy atom. The molecule has 0 unspecified atom stereocenters. The molecule has 0 aliphatic rings. The van der Waals surface area contributed by atoms with Gasteiger partial charge in [-0.25, -0.2) is 0 Å². The summed E-state index contributed by atoms with van der Waals surface area (Å²) in [5.74, 6) is 1.87. The van der Waals surface area contributed by atoms with Crippen molar-refractivity contribution in [1.29, 1.82) is 0 Å². The molecule has 0 atom stereocenters. The van der Waals surface area contributed by atoms with Crippen LogP contribution in [0.3, 0.4) is 0 Å². The van der Waals surface area contributed by atoms with E-state index in [4.69, 9.17) is 18.9 Å². The molecule has 0 spiro atoms. The van der Waals surface area contributed by atoms with E-state index in [1.54, 1.807) is 37.6 Å². The van der Waals surface area contributed by atoms with Crippen LogP contribution in [-0.4, -0.2) is 75.8 Å². The maximum Gasteiger partial charge on any atom is 0.242 e. The monoisotopic (exact) mass is 568 g/mol. The first-order valence-corrected chi connectivity index (χ1v) is 14.3. The van der Waals surface area contributed by atoms with Crippen molar-refractivity contribution in [1.82, 2.24) is 9.80 Å². The Kier molecular flexibility index (Phi) is 12.8. The number of rotatable bonds is 17. The van der Waals surface area contributed by atoms with E-state index in [-0.39, 0.29) is 24.8 Å². The molecule has 8 nitrogen and oxygen atoms in total. The molecule has 3 rings (SSSR count). The molecule has 0 aliphatic carbocycles. The van der Waals surface area contributed by atoms with E-state index in [1.165, 1.54) is 0 Å². The number of carbonyl (C=O) groups excluding carboxylic acids is 2. The average molecular weight is 569 g/mol. The maximum absolute atomic E-state index is 13.7. The van der Waals surface area contributed by atoms with E-state index in [9.17, 15) is 9.59 Å². The normalized spacial score (nSPS) is 10.7. The van der Waals surface area contributed by atoms with Crippen LogP contribution < -0.4 is 14.2 Å². The van der Waals surface area contributed by atoms with Gasteiger partial charge in [-0.1, -0.05) is 24.3 Å². The first kappa shape index (κ1) is 31.0. The molecule has 3 aromatic rings. The van der Waals surface area contributed by atoms with Gasteiger partial charge in [-0.15, -0.1) is 11.3 Å². The van der Waals surface area contributed by atoms with E-state index >= 15 is 0 Å². The number of amides is 2. The second kappa shape index (κ2) is 16.5. The molecule has 0 N–H and O–H groups in total. The van der Waals surface area contributed by atoms with E-state index in [2.05, 4.69) is 0 Å².